The van der Waals surface area contributed by atoms with Crippen LogP contribution < -0.4 is 5.32 Å². The first-order chi connectivity index (χ1) is 9.93. The monoisotopic (exact) mass is 287 g/mol. The Kier molecular flexibility index (Phi) is 4.31. The lowest BCUT2D eigenvalue weighted by molar-refractivity contribution is 0.101. The first-order valence-electron chi connectivity index (χ1n) is 7.10. The van der Waals surface area contributed by atoms with Crippen molar-refractivity contribution in [3.8, 4) is 5.75 Å². The maximum atomic E-state index is 12.3. The first-order valence-corrected chi connectivity index (χ1v) is 7.10. The lowest BCUT2D eigenvalue weighted by atomic mass is 9.99. The number of benzene rings is 1. The number of aromatic nitrogens is 2. The van der Waals surface area contributed by atoms with Gasteiger partial charge >= 0.3 is 0 Å². The summed E-state index contributed by atoms with van der Waals surface area (Å²) in [5.41, 5.74) is 2.88. The second kappa shape index (κ2) is 5.99. The van der Waals surface area contributed by atoms with Crippen LogP contribution in [0.5, 0.6) is 5.75 Å². The normalized spacial score (nSPS) is 10.9. The molecule has 1 aromatic carbocycles. The summed E-state index contributed by atoms with van der Waals surface area (Å²) in [4.78, 5) is 12.3. The van der Waals surface area contributed by atoms with Gasteiger partial charge in [0, 0.05) is 18.4 Å². The molecular weight excluding hydrogens is 266 g/mol. The van der Waals surface area contributed by atoms with Crippen molar-refractivity contribution < 1.29 is 9.90 Å². The fourth-order valence-electron chi connectivity index (χ4n) is 2.27. The molecule has 1 amide bonds. The lowest BCUT2D eigenvalue weighted by Crippen LogP contribution is -2.18. The fourth-order valence-corrected chi connectivity index (χ4v) is 2.27. The number of nitrogens with zero attached hydrogens (tertiary/aromatic N) is 2. The third-order valence-electron chi connectivity index (χ3n) is 3.49. The van der Waals surface area contributed by atoms with Gasteiger partial charge in [-0.3, -0.25) is 9.48 Å². The van der Waals surface area contributed by atoms with Crippen molar-refractivity contribution in [2.24, 2.45) is 0 Å². The van der Waals surface area contributed by atoms with Crippen LogP contribution in [0.4, 0.5) is 5.69 Å². The Morgan fingerprint density at radius 3 is 2.76 bits per heavy atom. The molecule has 0 radical (unpaired) electrons. The van der Waals surface area contributed by atoms with Crippen LogP contribution in [0.1, 0.15) is 48.3 Å². The van der Waals surface area contributed by atoms with Crippen LogP contribution in [0, 0.1) is 6.92 Å². The zero-order valence-electron chi connectivity index (χ0n) is 12.8. The van der Waals surface area contributed by atoms with E-state index in [0.717, 1.165) is 11.1 Å². The molecule has 0 atom stereocenters. The molecule has 0 saturated carbocycles. The zero-order valence-corrected chi connectivity index (χ0v) is 12.8. The van der Waals surface area contributed by atoms with Crippen molar-refractivity contribution in [2.75, 3.05) is 5.32 Å². The Hall–Kier alpha value is -2.30. The van der Waals surface area contributed by atoms with E-state index in [9.17, 15) is 9.90 Å². The van der Waals surface area contributed by atoms with E-state index in [1.54, 1.807) is 23.0 Å². The number of aromatic hydroxyl groups is 1. The molecule has 0 aliphatic rings. The second-order valence-electron chi connectivity index (χ2n) is 5.37. The molecule has 2 N–H and O–H groups in total. The summed E-state index contributed by atoms with van der Waals surface area (Å²) in [5, 5.41) is 17.0. The van der Waals surface area contributed by atoms with E-state index in [-0.39, 0.29) is 17.6 Å². The van der Waals surface area contributed by atoms with Crippen LogP contribution in [0.25, 0.3) is 0 Å². The highest BCUT2D eigenvalue weighted by Crippen LogP contribution is 2.31. The van der Waals surface area contributed by atoms with Crippen molar-refractivity contribution in [1.29, 1.82) is 0 Å². The van der Waals surface area contributed by atoms with Gasteiger partial charge in [0.25, 0.3) is 5.91 Å². The van der Waals surface area contributed by atoms with Crippen LogP contribution in [-0.2, 0) is 6.54 Å². The summed E-state index contributed by atoms with van der Waals surface area (Å²) in [5.74, 6) is 0.249. The number of nitrogens with one attached hydrogen (secondary N) is 1. The zero-order chi connectivity index (χ0) is 15.6. The van der Waals surface area contributed by atoms with E-state index in [2.05, 4.69) is 10.4 Å². The van der Waals surface area contributed by atoms with E-state index in [4.69, 9.17) is 0 Å². The molecule has 21 heavy (non-hydrogen) atoms. The van der Waals surface area contributed by atoms with Crippen molar-refractivity contribution in [3.05, 3.63) is 41.2 Å². The third kappa shape index (κ3) is 3.07. The number of amides is 1. The van der Waals surface area contributed by atoms with Gasteiger partial charge in [-0.1, -0.05) is 13.8 Å². The van der Waals surface area contributed by atoms with E-state index < -0.39 is 0 Å². The van der Waals surface area contributed by atoms with Crippen molar-refractivity contribution >= 4 is 11.6 Å². The first kappa shape index (κ1) is 15.1. The van der Waals surface area contributed by atoms with Crippen LogP contribution in [0.3, 0.4) is 0 Å². The predicted octanol–water partition coefficient (Wildman–Crippen LogP) is 3.29. The Morgan fingerprint density at radius 1 is 1.43 bits per heavy atom. The van der Waals surface area contributed by atoms with Crippen LogP contribution in [0.2, 0.25) is 0 Å². The number of anilines is 1. The largest absolute Gasteiger partial charge is 0.508 e. The SMILES string of the molecule is CCn1nccc1C(=O)Nc1cc(C(C)C)c(O)cc1C. The predicted molar refractivity (Wildman–Crippen MR) is 82.8 cm³/mol. The summed E-state index contributed by atoms with van der Waals surface area (Å²) >= 11 is 0. The van der Waals surface area contributed by atoms with Crippen molar-refractivity contribution in [3.63, 3.8) is 0 Å². The molecule has 2 aromatic rings. The Labute approximate surface area is 124 Å². The summed E-state index contributed by atoms with van der Waals surface area (Å²) in [6.45, 7) is 8.44. The van der Waals surface area contributed by atoms with Gasteiger partial charge in [-0.15, -0.1) is 0 Å². The molecule has 112 valence electrons. The number of rotatable bonds is 4. The van der Waals surface area contributed by atoms with Gasteiger partial charge in [-0.25, -0.2) is 0 Å². The molecule has 0 fully saturated rings. The summed E-state index contributed by atoms with van der Waals surface area (Å²) in [6.07, 6.45) is 1.61. The minimum absolute atomic E-state index is 0.183. The highest BCUT2D eigenvalue weighted by Gasteiger charge is 2.15. The summed E-state index contributed by atoms with van der Waals surface area (Å²) in [6, 6.07) is 5.21. The maximum Gasteiger partial charge on any atom is 0.273 e. The number of hydrogen-bond donors (Lipinski definition) is 2. The van der Waals surface area contributed by atoms with Crippen molar-refractivity contribution in [1.82, 2.24) is 9.78 Å². The topological polar surface area (TPSA) is 67.2 Å². The molecule has 0 saturated heterocycles. The van der Waals surface area contributed by atoms with Gasteiger partial charge in [-0.05, 0) is 49.1 Å². The third-order valence-corrected chi connectivity index (χ3v) is 3.49. The molecule has 1 aromatic heterocycles. The quantitative estimate of drug-likeness (QED) is 0.848. The van der Waals surface area contributed by atoms with Crippen LogP contribution in [-0.4, -0.2) is 20.8 Å². The average Bonchev–Trinajstić information content (AvgIpc) is 2.89. The van der Waals surface area contributed by atoms with E-state index in [0.29, 0.717) is 17.9 Å². The Balaban J connectivity index is 2.31. The van der Waals surface area contributed by atoms with Crippen molar-refractivity contribution in [2.45, 2.75) is 40.2 Å². The van der Waals surface area contributed by atoms with Crippen LogP contribution >= 0.6 is 0 Å². The molecule has 5 heteroatoms. The highest BCUT2D eigenvalue weighted by atomic mass is 16.3. The molecule has 5 nitrogen and oxygen atoms in total. The minimum Gasteiger partial charge on any atom is -0.508 e. The second-order valence-corrected chi connectivity index (χ2v) is 5.37. The summed E-state index contributed by atoms with van der Waals surface area (Å²) < 4.78 is 1.65. The van der Waals surface area contributed by atoms with Gasteiger partial charge in [0.15, 0.2) is 0 Å². The molecule has 0 unspecified atom stereocenters. The number of carbonyl (C=O) groups excluding carboxylic acids is 1. The van der Waals surface area contributed by atoms with Crippen LogP contribution in [0.15, 0.2) is 24.4 Å². The van der Waals surface area contributed by atoms with Gasteiger partial charge < -0.3 is 10.4 Å². The lowest BCUT2D eigenvalue weighted by Gasteiger charge is -2.14. The number of carbonyl (C=O) groups is 1. The van der Waals surface area contributed by atoms with Gasteiger partial charge in [0.2, 0.25) is 0 Å². The number of phenolic OH excluding ortho intramolecular Hbond substituents is 1. The highest BCUT2D eigenvalue weighted by molar-refractivity contribution is 6.03. The Morgan fingerprint density at radius 2 is 2.14 bits per heavy atom. The molecule has 0 bridgehead atoms. The minimum atomic E-state index is -0.196. The number of phenols is 1. The number of aryl methyl sites for hydroxylation is 2. The molecule has 0 aliphatic carbocycles. The van der Waals surface area contributed by atoms with E-state index in [1.165, 1.54) is 0 Å². The molecule has 0 spiro atoms. The average molecular weight is 287 g/mol. The standard InChI is InChI=1S/C16H21N3O2/c1-5-19-14(6-7-17-19)16(21)18-13-9-12(10(2)3)15(20)8-11(13)4/h6-10,20H,5H2,1-4H3,(H,18,21). The van der Waals surface area contributed by atoms with E-state index >= 15 is 0 Å². The molecular formula is C16H21N3O2. The fraction of sp³-hybridized carbons (Fsp3) is 0.375. The van der Waals surface area contributed by atoms with Gasteiger partial charge in [-0.2, -0.15) is 5.10 Å². The summed E-state index contributed by atoms with van der Waals surface area (Å²) in [7, 11) is 0. The van der Waals surface area contributed by atoms with E-state index in [1.807, 2.05) is 33.8 Å². The maximum absolute atomic E-state index is 12.3. The Bertz CT molecular complexity index is 660. The molecule has 0 aliphatic heterocycles. The smallest absolute Gasteiger partial charge is 0.273 e. The molecule has 2 rings (SSSR count). The van der Waals surface area contributed by atoms with Gasteiger partial charge in [0.05, 0.1) is 0 Å². The molecule has 1 heterocycles. The number of hydrogen-bond acceptors (Lipinski definition) is 3. The van der Waals surface area contributed by atoms with Gasteiger partial charge in [0.1, 0.15) is 11.4 Å².